The zero-order chi connectivity index (χ0) is 27.8. The second kappa shape index (κ2) is 12.9. The third kappa shape index (κ3) is 7.79. The van der Waals surface area contributed by atoms with E-state index in [0.717, 1.165) is 22.3 Å². The molecule has 2 amide bonds. The highest BCUT2D eigenvalue weighted by molar-refractivity contribution is 6.30. The van der Waals surface area contributed by atoms with Crippen molar-refractivity contribution in [3.63, 3.8) is 0 Å². The second-order valence-electron chi connectivity index (χ2n) is 9.38. The second-order valence-corrected chi connectivity index (χ2v) is 9.82. The number of carboxylic acids is 1. The highest BCUT2D eigenvalue weighted by Gasteiger charge is 2.23. The lowest BCUT2D eigenvalue weighted by molar-refractivity contribution is -0.141. The number of rotatable bonds is 10. The van der Waals surface area contributed by atoms with E-state index < -0.39 is 11.9 Å². The third-order valence-electron chi connectivity index (χ3n) is 6.51. The lowest BCUT2D eigenvalue weighted by atomic mass is 9.90. The number of amides is 2. The molecule has 0 radical (unpaired) electrons. The standard InChI is InChI=1S/C32H29ClN2O4/c1-21-19-24(23-9-14-27(15-10-23)34-32(39)35-28-16-12-26(33)13-17-28)11-18-29(21)30(36)20-25(31(37)38)8-7-22-5-3-2-4-6-22/h2-6,9-19,25H,7-8,20H2,1H3,(H,37,38)(H2,34,35,39). The Balaban J connectivity index is 1.37. The predicted molar refractivity (Wildman–Crippen MR) is 156 cm³/mol. The largest absolute Gasteiger partial charge is 0.481 e. The molecule has 0 aliphatic rings. The van der Waals surface area contributed by atoms with E-state index in [2.05, 4.69) is 10.6 Å². The molecule has 0 saturated carbocycles. The molecule has 1 atom stereocenters. The number of halogens is 1. The molecule has 3 N–H and O–H groups in total. The van der Waals surface area contributed by atoms with Gasteiger partial charge in [-0.3, -0.25) is 9.59 Å². The molecule has 0 saturated heterocycles. The maximum Gasteiger partial charge on any atom is 0.323 e. The van der Waals surface area contributed by atoms with Gasteiger partial charge in [-0.05, 0) is 78.4 Å². The van der Waals surface area contributed by atoms with Gasteiger partial charge in [0.1, 0.15) is 0 Å². The van der Waals surface area contributed by atoms with E-state index in [9.17, 15) is 19.5 Å². The van der Waals surface area contributed by atoms with Gasteiger partial charge >= 0.3 is 12.0 Å². The van der Waals surface area contributed by atoms with Crippen LogP contribution >= 0.6 is 11.6 Å². The Morgan fingerprint density at radius 2 is 1.38 bits per heavy atom. The van der Waals surface area contributed by atoms with Crippen LogP contribution in [0.5, 0.6) is 0 Å². The summed E-state index contributed by atoms with van der Waals surface area (Å²) in [4.78, 5) is 37.1. The van der Waals surface area contributed by atoms with Crippen LogP contribution in [0.15, 0.2) is 97.1 Å². The van der Waals surface area contributed by atoms with Crippen molar-refractivity contribution in [1.29, 1.82) is 0 Å². The monoisotopic (exact) mass is 540 g/mol. The fraction of sp³-hybridized carbons (Fsp3) is 0.156. The van der Waals surface area contributed by atoms with Crippen molar-refractivity contribution in [2.75, 3.05) is 10.6 Å². The van der Waals surface area contributed by atoms with Gasteiger partial charge in [-0.15, -0.1) is 0 Å². The fourth-order valence-electron chi connectivity index (χ4n) is 4.36. The number of anilines is 2. The zero-order valence-electron chi connectivity index (χ0n) is 21.5. The average Bonchev–Trinajstić information content (AvgIpc) is 2.93. The maximum absolute atomic E-state index is 13.0. The highest BCUT2D eigenvalue weighted by Crippen LogP contribution is 2.26. The molecule has 4 rings (SSSR count). The van der Waals surface area contributed by atoms with Gasteiger partial charge in [0, 0.05) is 28.4 Å². The molecule has 0 heterocycles. The SMILES string of the molecule is Cc1cc(-c2ccc(NC(=O)Nc3ccc(Cl)cc3)cc2)ccc1C(=O)CC(CCc1ccccc1)C(=O)O. The summed E-state index contributed by atoms with van der Waals surface area (Å²) in [5.41, 5.74) is 5.47. The zero-order valence-corrected chi connectivity index (χ0v) is 22.2. The van der Waals surface area contributed by atoms with Gasteiger partial charge in [-0.2, -0.15) is 0 Å². The summed E-state index contributed by atoms with van der Waals surface area (Å²) in [5.74, 6) is -1.87. The summed E-state index contributed by atoms with van der Waals surface area (Å²) in [6.45, 7) is 1.85. The number of hydrogen-bond donors (Lipinski definition) is 3. The molecule has 0 aliphatic carbocycles. The Morgan fingerprint density at radius 1 is 0.795 bits per heavy atom. The minimum Gasteiger partial charge on any atom is -0.481 e. The molecule has 39 heavy (non-hydrogen) atoms. The van der Waals surface area contributed by atoms with Gasteiger partial charge < -0.3 is 15.7 Å². The lowest BCUT2D eigenvalue weighted by Crippen LogP contribution is -2.19. The van der Waals surface area contributed by atoms with Gasteiger partial charge in [0.25, 0.3) is 0 Å². The number of ketones is 1. The molecule has 0 bridgehead atoms. The summed E-state index contributed by atoms with van der Waals surface area (Å²) in [6.07, 6.45) is 0.970. The normalized spacial score (nSPS) is 11.4. The number of benzene rings is 4. The molecule has 0 aromatic heterocycles. The van der Waals surface area contributed by atoms with Gasteiger partial charge in [0.05, 0.1) is 5.92 Å². The predicted octanol–water partition coefficient (Wildman–Crippen LogP) is 7.87. The molecule has 0 fully saturated rings. The van der Waals surface area contributed by atoms with Crippen molar-refractivity contribution in [2.45, 2.75) is 26.2 Å². The third-order valence-corrected chi connectivity index (χ3v) is 6.76. The summed E-state index contributed by atoms with van der Waals surface area (Å²) >= 11 is 5.87. The van der Waals surface area contributed by atoms with Crippen molar-refractivity contribution < 1.29 is 19.5 Å². The molecular formula is C32H29ClN2O4. The van der Waals surface area contributed by atoms with Crippen LogP contribution in [-0.4, -0.2) is 22.9 Å². The number of aryl methyl sites for hydroxylation is 2. The van der Waals surface area contributed by atoms with Crippen molar-refractivity contribution >= 4 is 40.8 Å². The number of hydrogen-bond acceptors (Lipinski definition) is 3. The van der Waals surface area contributed by atoms with E-state index in [1.165, 1.54) is 0 Å². The Hall–Kier alpha value is -4.42. The quantitative estimate of drug-likeness (QED) is 0.178. The average molecular weight is 541 g/mol. The first-order chi connectivity index (χ1) is 18.8. The van der Waals surface area contributed by atoms with Crippen LogP contribution in [0.4, 0.5) is 16.2 Å². The number of carbonyl (C=O) groups is 3. The van der Waals surface area contributed by atoms with Crippen LogP contribution in [0.25, 0.3) is 11.1 Å². The number of aliphatic carboxylic acids is 1. The van der Waals surface area contributed by atoms with Crippen molar-refractivity contribution in [1.82, 2.24) is 0 Å². The summed E-state index contributed by atoms with van der Waals surface area (Å²) in [6, 6.07) is 29.1. The summed E-state index contributed by atoms with van der Waals surface area (Å²) < 4.78 is 0. The Morgan fingerprint density at radius 3 is 1.97 bits per heavy atom. The molecule has 7 heteroatoms. The molecular weight excluding hydrogens is 512 g/mol. The van der Waals surface area contributed by atoms with E-state index in [4.69, 9.17) is 11.6 Å². The number of Topliss-reactive ketones (excluding diaryl/α,β-unsaturated/α-hetero) is 1. The van der Waals surface area contributed by atoms with Gasteiger partial charge in [0.2, 0.25) is 0 Å². The molecule has 6 nitrogen and oxygen atoms in total. The molecule has 4 aromatic rings. The van der Waals surface area contributed by atoms with Crippen LogP contribution in [0.3, 0.4) is 0 Å². The topological polar surface area (TPSA) is 95.5 Å². The number of carbonyl (C=O) groups excluding carboxylic acids is 2. The molecule has 4 aromatic carbocycles. The summed E-state index contributed by atoms with van der Waals surface area (Å²) in [7, 11) is 0. The van der Waals surface area contributed by atoms with Crippen molar-refractivity contribution in [3.8, 4) is 11.1 Å². The smallest absolute Gasteiger partial charge is 0.323 e. The van der Waals surface area contributed by atoms with Crippen LogP contribution in [0.1, 0.15) is 34.3 Å². The number of nitrogens with one attached hydrogen (secondary N) is 2. The fourth-order valence-corrected chi connectivity index (χ4v) is 4.49. The van der Waals surface area contributed by atoms with Crippen molar-refractivity contribution in [3.05, 3.63) is 119 Å². The first kappa shape index (κ1) is 27.6. The van der Waals surface area contributed by atoms with E-state index in [1.54, 1.807) is 42.5 Å². The van der Waals surface area contributed by atoms with Crippen LogP contribution in [0, 0.1) is 12.8 Å². The van der Waals surface area contributed by atoms with E-state index >= 15 is 0 Å². The lowest BCUT2D eigenvalue weighted by Gasteiger charge is -2.14. The summed E-state index contributed by atoms with van der Waals surface area (Å²) in [5, 5.41) is 15.8. The number of urea groups is 1. The van der Waals surface area contributed by atoms with Gasteiger partial charge in [-0.25, -0.2) is 4.79 Å². The van der Waals surface area contributed by atoms with E-state index in [1.807, 2.05) is 61.5 Å². The minimum atomic E-state index is -0.955. The van der Waals surface area contributed by atoms with Crippen molar-refractivity contribution in [2.24, 2.45) is 5.92 Å². The Kier molecular flexibility index (Phi) is 9.13. The van der Waals surface area contributed by atoms with Crippen LogP contribution in [0.2, 0.25) is 5.02 Å². The molecule has 0 spiro atoms. The van der Waals surface area contributed by atoms with Crippen LogP contribution in [-0.2, 0) is 11.2 Å². The first-order valence-corrected chi connectivity index (χ1v) is 13.0. The molecule has 1 unspecified atom stereocenters. The minimum absolute atomic E-state index is 0.0409. The molecule has 0 aliphatic heterocycles. The van der Waals surface area contributed by atoms with E-state index in [-0.39, 0.29) is 18.2 Å². The number of carboxylic acid groups (broad SMARTS) is 1. The first-order valence-electron chi connectivity index (χ1n) is 12.6. The van der Waals surface area contributed by atoms with Crippen LogP contribution < -0.4 is 10.6 Å². The van der Waals surface area contributed by atoms with Gasteiger partial charge in [0.15, 0.2) is 5.78 Å². The Bertz CT molecular complexity index is 1450. The van der Waals surface area contributed by atoms with E-state index in [0.29, 0.717) is 34.8 Å². The Labute approximate surface area is 232 Å². The van der Waals surface area contributed by atoms with Gasteiger partial charge in [-0.1, -0.05) is 72.3 Å². The molecule has 198 valence electrons. The highest BCUT2D eigenvalue weighted by atomic mass is 35.5. The maximum atomic E-state index is 13.0.